The van der Waals surface area contributed by atoms with Crippen LogP contribution >= 0.6 is 0 Å². The molecule has 0 amide bonds. The van der Waals surface area contributed by atoms with Crippen LogP contribution in [0.15, 0.2) is 45.2 Å². The van der Waals surface area contributed by atoms with Crippen molar-refractivity contribution in [3.8, 4) is 30.0 Å². The molecule has 5 aromatic rings. The molecule has 36 heavy (non-hydrogen) atoms. The normalized spacial score (nSPS) is 11.2. The van der Waals surface area contributed by atoms with Crippen molar-refractivity contribution < 1.29 is 26.7 Å². The fourth-order valence-corrected chi connectivity index (χ4v) is 4.30. The molecule has 2 aromatic heterocycles. The topological polar surface area (TPSA) is 131 Å². The van der Waals surface area contributed by atoms with Crippen molar-refractivity contribution in [1.82, 2.24) is 0 Å². The van der Waals surface area contributed by atoms with Gasteiger partial charge in [0.05, 0.1) is 10.4 Å². The van der Waals surface area contributed by atoms with Crippen molar-refractivity contribution >= 4 is 55.0 Å². The van der Waals surface area contributed by atoms with Crippen LogP contribution in [0.4, 0.5) is 13.2 Å². The van der Waals surface area contributed by atoms with Gasteiger partial charge in [0.15, 0.2) is 0 Å². The van der Waals surface area contributed by atoms with Crippen molar-refractivity contribution in [2.75, 3.05) is 0 Å². The van der Waals surface area contributed by atoms with Crippen molar-refractivity contribution in [2.24, 2.45) is 0 Å². The van der Waals surface area contributed by atoms with Gasteiger partial charge in [-0.2, -0.15) is 21.0 Å². The van der Waals surface area contributed by atoms with Gasteiger partial charge in [-0.1, -0.05) is 12.1 Å². The average Bonchev–Trinajstić information content (AvgIpc) is 3.38. The van der Waals surface area contributed by atoms with Gasteiger partial charge in [0, 0.05) is 27.6 Å². The number of rotatable bonds is 1. The van der Waals surface area contributed by atoms with Gasteiger partial charge in [-0.3, -0.25) is 0 Å². The van der Waals surface area contributed by atoms with Gasteiger partial charge in [-0.05, 0) is 30.7 Å². The van der Waals surface area contributed by atoms with E-state index in [1.165, 1.54) is 6.07 Å². The fraction of sp³-hybridized carbons (Fsp3) is 0.0769. The highest BCUT2D eigenvalue weighted by molar-refractivity contribution is 6.18. The summed E-state index contributed by atoms with van der Waals surface area (Å²) in [6.45, 7) is 1.83. The van der Waals surface area contributed by atoms with E-state index in [-0.39, 0.29) is 54.5 Å². The lowest BCUT2D eigenvalue weighted by atomic mass is 9.98. The summed E-state index contributed by atoms with van der Waals surface area (Å²) < 4.78 is 54.3. The molecule has 0 aliphatic heterocycles. The van der Waals surface area contributed by atoms with Gasteiger partial charge in [-0.25, -0.2) is 0 Å². The summed E-state index contributed by atoms with van der Waals surface area (Å²) in [7, 11) is 0. The molecule has 0 saturated carbocycles. The quantitative estimate of drug-likeness (QED) is 0.325. The second-order valence-corrected chi connectivity index (χ2v) is 7.76. The lowest BCUT2D eigenvalue weighted by Gasteiger charge is -2.07. The van der Waals surface area contributed by atoms with Crippen LogP contribution < -0.4 is 15.2 Å². The number of furan rings is 2. The third-order valence-corrected chi connectivity index (χ3v) is 5.64. The summed E-state index contributed by atoms with van der Waals surface area (Å²) in [6, 6.07) is 15.8. The summed E-state index contributed by atoms with van der Waals surface area (Å²) in [5.74, 6) is -0.559. The molecule has 0 fully saturated rings. The standard InChI is InChI=1S/C26H9F3N4O3/c1-12-2-4-16-18(6-12)34-24-21(14(10-32)11-33)23-17-5-3-15(36-26(27,28)29)7-19(17)35-25(23)20(22(16)24)13(8-30)9-31/h2-7H,1H3. The molecule has 0 atom stereocenters. The fourth-order valence-electron chi connectivity index (χ4n) is 4.30. The van der Waals surface area contributed by atoms with E-state index in [1.54, 1.807) is 18.2 Å². The molecule has 3 aromatic carbocycles. The molecule has 2 heterocycles. The summed E-state index contributed by atoms with van der Waals surface area (Å²) >= 11 is 0. The predicted octanol–water partition coefficient (Wildman–Crippen LogP) is 5.09. The highest BCUT2D eigenvalue weighted by Crippen LogP contribution is 2.34. The van der Waals surface area contributed by atoms with Gasteiger partial charge < -0.3 is 13.6 Å². The van der Waals surface area contributed by atoms with Crippen LogP contribution in [0.1, 0.15) is 5.56 Å². The maximum atomic E-state index is 12.8. The summed E-state index contributed by atoms with van der Waals surface area (Å²) in [4.78, 5) is 0. The van der Waals surface area contributed by atoms with Crippen molar-refractivity contribution in [3.63, 3.8) is 0 Å². The molecular formula is C26H9F3N4O3. The first-order chi connectivity index (χ1) is 17.2. The Morgan fingerprint density at radius 2 is 1.22 bits per heavy atom. The van der Waals surface area contributed by atoms with E-state index >= 15 is 0 Å². The largest absolute Gasteiger partial charge is 0.573 e. The second-order valence-electron chi connectivity index (χ2n) is 7.76. The SMILES string of the molecule is Cc1ccc2c(c1)oc1c(=C(C#N)C#N)c3c(oc4cc(OC(F)(F)F)ccc43)c(=C(C#N)C#N)c12. The lowest BCUT2D eigenvalue weighted by molar-refractivity contribution is -0.274. The first-order valence-electron chi connectivity index (χ1n) is 10.2. The zero-order chi connectivity index (χ0) is 25.8. The van der Waals surface area contributed by atoms with Crippen LogP contribution in [0.2, 0.25) is 0 Å². The Morgan fingerprint density at radius 1 is 0.750 bits per heavy atom. The molecule has 0 bridgehead atoms. The smallest absolute Gasteiger partial charge is 0.455 e. The molecule has 0 saturated heterocycles. The summed E-state index contributed by atoms with van der Waals surface area (Å²) in [5.41, 5.74) is 0.481. The minimum Gasteiger partial charge on any atom is -0.455 e. The molecule has 0 unspecified atom stereocenters. The third-order valence-electron chi connectivity index (χ3n) is 5.64. The molecule has 5 rings (SSSR count). The minimum absolute atomic E-state index is 0.0427. The maximum Gasteiger partial charge on any atom is 0.573 e. The van der Waals surface area contributed by atoms with E-state index in [4.69, 9.17) is 8.83 Å². The van der Waals surface area contributed by atoms with Crippen LogP contribution in [0.25, 0.3) is 55.0 Å². The first-order valence-corrected chi connectivity index (χ1v) is 10.2. The van der Waals surface area contributed by atoms with Gasteiger partial charge in [0.2, 0.25) is 0 Å². The zero-order valence-corrected chi connectivity index (χ0v) is 18.1. The van der Waals surface area contributed by atoms with E-state index in [1.807, 2.05) is 31.2 Å². The van der Waals surface area contributed by atoms with E-state index < -0.39 is 12.1 Å². The molecular weight excluding hydrogens is 473 g/mol. The van der Waals surface area contributed by atoms with Gasteiger partial charge >= 0.3 is 6.36 Å². The van der Waals surface area contributed by atoms with Crippen molar-refractivity contribution in [3.05, 3.63) is 52.4 Å². The Labute approximate surface area is 198 Å². The van der Waals surface area contributed by atoms with Crippen molar-refractivity contribution in [1.29, 1.82) is 21.0 Å². The third kappa shape index (κ3) is 3.26. The minimum atomic E-state index is -4.95. The number of ether oxygens (including phenoxy) is 1. The number of nitriles is 4. The number of benzene rings is 3. The number of aryl methyl sites for hydroxylation is 1. The highest BCUT2D eigenvalue weighted by atomic mass is 19.4. The van der Waals surface area contributed by atoms with Crippen LogP contribution in [-0.2, 0) is 0 Å². The predicted molar refractivity (Wildman–Crippen MR) is 121 cm³/mol. The Balaban J connectivity index is 2.17. The van der Waals surface area contributed by atoms with Crippen molar-refractivity contribution in [2.45, 2.75) is 13.3 Å². The van der Waals surface area contributed by atoms with E-state index in [2.05, 4.69) is 4.74 Å². The van der Waals surface area contributed by atoms with Gasteiger partial charge in [0.25, 0.3) is 0 Å². The Bertz CT molecular complexity index is 2000. The van der Waals surface area contributed by atoms with Gasteiger partial charge in [-0.15, -0.1) is 13.2 Å². The molecule has 10 heteroatoms. The first kappa shape index (κ1) is 22.3. The van der Waals surface area contributed by atoms with Gasteiger partial charge in [0.1, 0.15) is 63.5 Å². The van der Waals surface area contributed by atoms with Crippen LogP contribution in [0.5, 0.6) is 5.75 Å². The van der Waals surface area contributed by atoms with E-state index in [0.29, 0.717) is 11.0 Å². The Kier molecular flexibility index (Phi) is 4.85. The zero-order valence-electron chi connectivity index (χ0n) is 18.1. The Hall–Kier alpha value is -5.45. The summed E-state index contributed by atoms with van der Waals surface area (Å²) in [6.07, 6.45) is -4.95. The van der Waals surface area contributed by atoms with E-state index in [9.17, 15) is 34.2 Å². The molecule has 0 aliphatic rings. The maximum absolute atomic E-state index is 12.8. The number of hydrogen-bond acceptors (Lipinski definition) is 7. The molecule has 0 aliphatic carbocycles. The van der Waals surface area contributed by atoms with Crippen LogP contribution in [-0.4, -0.2) is 6.36 Å². The number of nitrogens with zero attached hydrogens (tertiary/aromatic N) is 4. The molecule has 7 nitrogen and oxygen atoms in total. The van der Waals surface area contributed by atoms with E-state index in [0.717, 1.165) is 17.7 Å². The second kappa shape index (κ2) is 7.81. The number of fused-ring (bicyclic) bond motifs is 6. The van der Waals surface area contributed by atoms with Crippen LogP contribution in [0, 0.1) is 52.2 Å². The highest BCUT2D eigenvalue weighted by Gasteiger charge is 2.31. The monoisotopic (exact) mass is 482 g/mol. The lowest BCUT2D eigenvalue weighted by Crippen LogP contribution is -2.17. The number of halogens is 3. The summed E-state index contributed by atoms with van der Waals surface area (Å²) in [5, 5.41) is 40.1. The average molecular weight is 482 g/mol. The molecule has 0 spiro atoms. The molecule has 0 radical (unpaired) electrons. The number of alkyl halides is 3. The number of hydrogen-bond donors (Lipinski definition) is 0. The van der Waals surface area contributed by atoms with Crippen LogP contribution in [0.3, 0.4) is 0 Å². The Morgan fingerprint density at radius 3 is 1.69 bits per heavy atom. The molecule has 0 N–H and O–H groups in total. The molecule has 172 valence electrons.